The molecule has 1 saturated heterocycles. The second kappa shape index (κ2) is 8.73. The molecule has 1 rings (SSSR count). The van der Waals surface area contributed by atoms with E-state index in [4.69, 9.17) is 15.3 Å². The van der Waals surface area contributed by atoms with Crippen molar-refractivity contribution in [1.29, 1.82) is 0 Å². The van der Waals surface area contributed by atoms with Crippen LogP contribution in [0, 0.1) is 0 Å². The molecule has 12 nitrogen and oxygen atoms in total. The molecule has 0 spiro atoms. The molecule has 1 aliphatic rings. The lowest BCUT2D eigenvalue weighted by Crippen LogP contribution is -2.46. The molecule has 0 aliphatic carbocycles. The Labute approximate surface area is 140 Å². The Morgan fingerprint density at radius 2 is 1.48 bits per heavy atom. The van der Waals surface area contributed by atoms with Crippen molar-refractivity contribution in [2.24, 2.45) is 0 Å². The SMILES string of the molecule is O=C(O)CN(CC(=O)O)C(CCC(=O)ON1C(=O)CCC1=O)C(=O)O. The molecule has 0 aromatic carbocycles. The van der Waals surface area contributed by atoms with Crippen LogP contribution in [-0.2, 0) is 33.6 Å². The standard InChI is InChI=1S/C13H16N2O10/c16-8-2-3-9(17)15(8)25-12(22)4-1-7(13(23)24)14(5-10(18)19)6-11(20)21/h7H,1-6H2,(H,18,19)(H,20,21)(H,23,24). The molecule has 1 aliphatic heterocycles. The number of nitrogens with zero attached hydrogens (tertiary/aromatic N) is 2. The number of aliphatic carboxylic acids is 3. The zero-order valence-corrected chi connectivity index (χ0v) is 12.9. The third kappa shape index (κ3) is 6.18. The number of carbonyl (C=O) groups excluding carboxylic acids is 3. The lowest BCUT2D eigenvalue weighted by Gasteiger charge is -2.25. The molecule has 12 heteroatoms. The quantitative estimate of drug-likeness (QED) is 0.378. The second-order valence-electron chi connectivity index (χ2n) is 5.13. The molecule has 0 bridgehead atoms. The van der Waals surface area contributed by atoms with Gasteiger partial charge in [0, 0.05) is 12.8 Å². The molecule has 1 unspecified atom stereocenters. The number of hydrogen-bond acceptors (Lipinski definition) is 8. The number of hydroxylamine groups is 2. The molecule has 1 fully saturated rings. The zero-order chi connectivity index (χ0) is 19.1. The van der Waals surface area contributed by atoms with Crippen LogP contribution in [-0.4, -0.2) is 80.1 Å². The van der Waals surface area contributed by atoms with Gasteiger partial charge in [0.25, 0.3) is 11.8 Å². The maximum Gasteiger partial charge on any atom is 0.333 e. The van der Waals surface area contributed by atoms with Gasteiger partial charge in [0.15, 0.2) is 0 Å². The maximum absolute atomic E-state index is 11.7. The number of carboxylic acid groups (broad SMARTS) is 3. The van der Waals surface area contributed by atoms with Gasteiger partial charge >= 0.3 is 23.9 Å². The van der Waals surface area contributed by atoms with E-state index in [1.165, 1.54) is 0 Å². The lowest BCUT2D eigenvalue weighted by atomic mass is 10.1. The van der Waals surface area contributed by atoms with Gasteiger partial charge in [-0.05, 0) is 6.42 Å². The Morgan fingerprint density at radius 3 is 1.88 bits per heavy atom. The molecule has 0 saturated carbocycles. The number of imide groups is 1. The van der Waals surface area contributed by atoms with Crippen molar-refractivity contribution in [3.8, 4) is 0 Å². The monoisotopic (exact) mass is 360 g/mol. The van der Waals surface area contributed by atoms with Crippen LogP contribution in [0.25, 0.3) is 0 Å². The minimum absolute atomic E-state index is 0.102. The third-order valence-corrected chi connectivity index (χ3v) is 3.22. The highest BCUT2D eigenvalue weighted by Crippen LogP contribution is 2.14. The summed E-state index contributed by atoms with van der Waals surface area (Å²) in [6.45, 7) is -1.72. The summed E-state index contributed by atoms with van der Waals surface area (Å²) in [5.41, 5.74) is 0. The number of rotatable bonds is 10. The average molecular weight is 360 g/mol. The smallest absolute Gasteiger partial charge is 0.333 e. The van der Waals surface area contributed by atoms with E-state index in [1.807, 2.05) is 0 Å². The first-order valence-electron chi connectivity index (χ1n) is 7.08. The fourth-order valence-corrected chi connectivity index (χ4v) is 2.15. The summed E-state index contributed by atoms with van der Waals surface area (Å²) in [4.78, 5) is 72.3. The first kappa shape index (κ1) is 20.0. The van der Waals surface area contributed by atoms with Crippen molar-refractivity contribution >= 4 is 35.7 Å². The van der Waals surface area contributed by atoms with Crippen LogP contribution in [0.1, 0.15) is 25.7 Å². The van der Waals surface area contributed by atoms with Gasteiger partial charge in [0.1, 0.15) is 6.04 Å². The molecular formula is C13H16N2O10. The molecule has 3 N–H and O–H groups in total. The van der Waals surface area contributed by atoms with Crippen LogP contribution in [0.15, 0.2) is 0 Å². The number of carbonyl (C=O) groups is 6. The molecular weight excluding hydrogens is 344 g/mol. The van der Waals surface area contributed by atoms with Gasteiger partial charge in [0.05, 0.1) is 19.5 Å². The highest BCUT2D eigenvalue weighted by molar-refractivity contribution is 6.01. The van der Waals surface area contributed by atoms with Gasteiger partial charge in [0.2, 0.25) is 0 Å². The maximum atomic E-state index is 11.7. The van der Waals surface area contributed by atoms with Crippen molar-refractivity contribution in [2.75, 3.05) is 13.1 Å². The van der Waals surface area contributed by atoms with Crippen molar-refractivity contribution in [3.63, 3.8) is 0 Å². The number of hydrogen-bond donors (Lipinski definition) is 3. The van der Waals surface area contributed by atoms with E-state index in [9.17, 15) is 28.8 Å². The Hall–Kier alpha value is -3.02. The summed E-state index contributed by atoms with van der Waals surface area (Å²) in [5.74, 6) is -6.88. The van der Waals surface area contributed by atoms with Crippen molar-refractivity contribution in [3.05, 3.63) is 0 Å². The summed E-state index contributed by atoms with van der Waals surface area (Å²) in [7, 11) is 0. The summed E-state index contributed by atoms with van der Waals surface area (Å²) in [6, 6.07) is -1.58. The molecule has 2 amide bonds. The lowest BCUT2D eigenvalue weighted by molar-refractivity contribution is -0.197. The number of carboxylic acids is 3. The Balaban J connectivity index is 2.69. The zero-order valence-electron chi connectivity index (χ0n) is 12.9. The first-order chi connectivity index (χ1) is 11.6. The van der Waals surface area contributed by atoms with E-state index in [0.29, 0.717) is 9.96 Å². The number of amides is 2. The summed E-state index contributed by atoms with van der Waals surface area (Å²) in [5, 5.41) is 27.0. The highest BCUT2D eigenvalue weighted by Gasteiger charge is 2.34. The van der Waals surface area contributed by atoms with Gasteiger partial charge in [-0.25, -0.2) is 4.79 Å². The van der Waals surface area contributed by atoms with Crippen LogP contribution >= 0.6 is 0 Å². The third-order valence-electron chi connectivity index (χ3n) is 3.22. The van der Waals surface area contributed by atoms with Gasteiger partial charge in [-0.15, -0.1) is 5.06 Å². The predicted octanol–water partition coefficient (Wildman–Crippen LogP) is -1.70. The fraction of sp³-hybridized carbons (Fsp3) is 0.538. The Kier molecular flexibility index (Phi) is 6.99. The fourth-order valence-electron chi connectivity index (χ4n) is 2.15. The molecule has 0 radical (unpaired) electrons. The van der Waals surface area contributed by atoms with E-state index in [-0.39, 0.29) is 12.8 Å². The predicted molar refractivity (Wildman–Crippen MR) is 74.7 cm³/mol. The van der Waals surface area contributed by atoms with E-state index < -0.39 is 67.7 Å². The van der Waals surface area contributed by atoms with Gasteiger partial charge in [-0.3, -0.25) is 28.9 Å². The molecule has 0 aromatic rings. The summed E-state index contributed by atoms with van der Waals surface area (Å²) in [6.07, 6.45) is -1.24. The van der Waals surface area contributed by atoms with Crippen LogP contribution in [0.5, 0.6) is 0 Å². The largest absolute Gasteiger partial charge is 0.480 e. The van der Waals surface area contributed by atoms with Crippen molar-refractivity contribution in [2.45, 2.75) is 31.7 Å². The van der Waals surface area contributed by atoms with Gasteiger partial charge in [-0.2, -0.15) is 0 Å². The van der Waals surface area contributed by atoms with Crippen LogP contribution in [0.3, 0.4) is 0 Å². The average Bonchev–Trinajstić information content (AvgIpc) is 2.77. The molecule has 1 heterocycles. The molecule has 0 aromatic heterocycles. The summed E-state index contributed by atoms with van der Waals surface area (Å²) >= 11 is 0. The van der Waals surface area contributed by atoms with Crippen LogP contribution in [0.4, 0.5) is 0 Å². The van der Waals surface area contributed by atoms with Crippen LogP contribution in [0.2, 0.25) is 0 Å². The second-order valence-corrected chi connectivity index (χ2v) is 5.13. The van der Waals surface area contributed by atoms with E-state index >= 15 is 0 Å². The Morgan fingerprint density at radius 1 is 1.00 bits per heavy atom. The van der Waals surface area contributed by atoms with Gasteiger partial charge in [-0.1, -0.05) is 0 Å². The minimum Gasteiger partial charge on any atom is -0.480 e. The topological polar surface area (TPSA) is 179 Å². The normalized spacial score (nSPS) is 15.3. The molecule has 1 atom stereocenters. The van der Waals surface area contributed by atoms with E-state index in [0.717, 1.165) is 0 Å². The minimum atomic E-state index is -1.58. The summed E-state index contributed by atoms with van der Waals surface area (Å²) < 4.78 is 0. The van der Waals surface area contributed by atoms with Crippen LogP contribution < -0.4 is 0 Å². The highest BCUT2D eigenvalue weighted by atomic mass is 16.7. The van der Waals surface area contributed by atoms with Gasteiger partial charge < -0.3 is 20.2 Å². The van der Waals surface area contributed by atoms with Crippen molar-refractivity contribution < 1.29 is 48.9 Å². The first-order valence-corrected chi connectivity index (χ1v) is 7.08. The van der Waals surface area contributed by atoms with E-state index in [2.05, 4.69) is 4.84 Å². The molecule has 25 heavy (non-hydrogen) atoms. The molecule has 138 valence electrons. The van der Waals surface area contributed by atoms with Crippen molar-refractivity contribution in [1.82, 2.24) is 9.96 Å². The Bertz CT molecular complexity index is 570. The van der Waals surface area contributed by atoms with E-state index in [1.54, 1.807) is 0 Å².